The fourth-order valence-electron chi connectivity index (χ4n) is 19.4. The molecule has 0 aliphatic heterocycles. The van der Waals surface area contributed by atoms with Gasteiger partial charge >= 0.3 is 90.4 Å². The zero-order valence-corrected chi connectivity index (χ0v) is 84.2. The largest absolute Gasteiger partial charge is 2.00 e. The molecule has 0 spiro atoms. The minimum Gasteiger partial charge on any atom is -0.574 e. The number of fused-ring (bicyclic) bond motifs is 14. The van der Waals surface area contributed by atoms with Gasteiger partial charge in [-0.1, -0.05) is 121 Å². The molecule has 32 nitrogen and oxygen atoms in total. The van der Waals surface area contributed by atoms with Gasteiger partial charge in [-0.15, -0.1) is 0 Å². The van der Waals surface area contributed by atoms with Crippen molar-refractivity contribution in [2.75, 3.05) is 0 Å². The Kier molecular flexibility index (Phi) is 31.5. The molecule has 0 saturated heterocycles. The third-order valence-corrected chi connectivity index (χ3v) is 27.2. The van der Waals surface area contributed by atoms with Gasteiger partial charge in [0, 0.05) is 111 Å². The summed E-state index contributed by atoms with van der Waals surface area (Å²) in [6, 6.07) is 17.4. The van der Waals surface area contributed by atoms with E-state index in [1.165, 1.54) is 147 Å². The van der Waals surface area contributed by atoms with Gasteiger partial charge in [-0.05, 0) is 233 Å². The predicted molar refractivity (Wildman–Crippen MR) is 470 cm³/mol. The van der Waals surface area contributed by atoms with Crippen molar-refractivity contribution >= 4 is 0 Å². The Morgan fingerprint density at radius 2 is 0.586 bits per heavy atom. The molecular weight excluding hydrogens is 2410 g/mol. The van der Waals surface area contributed by atoms with Crippen LogP contribution in [0.5, 0.6) is 0 Å². The Morgan fingerprint density at radius 3 is 0.902 bits per heavy atom. The van der Waals surface area contributed by atoms with Crippen molar-refractivity contribution in [2.45, 2.75) is 231 Å². The first-order valence-corrected chi connectivity index (χ1v) is 43.6. The van der Waals surface area contributed by atoms with Gasteiger partial charge in [-0.2, -0.15) is 13.2 Å². The Morgan fingerprint density at radius 1 is 0.301 bits per heavy atom. The average Bonchev–Trinajstić information content (AvgIpc) is 1.52. The molecule has 8 aliphatic carbocycles. The molecule has 8 aliphatic rings. The first-order chi connectivity index (χ1) is 62.3. The standard InChI is InChI=1S/2C15H17N4.2C13H15N4.2C11H11N4.C8H4F3N4.C8H7N4.4Pt/c2*1-14(2)9-4-6-15(14,3)13-11(9)12(18-19-13)10-5-7-16-8-17-10;2*1-13(2)6-3-4-9-11(16-17-12(9)13)10-5-7-14-8-15-10;2*1-2-4-9-8(3-1)11(15-14-9)10-5-6-12-7-13-10;9-8(10,11)7-3-6(14-15-7)5-1-2-12-4-13-5;1-6-4-8(12-11-6)7-2-3-9-5-10-7;;;;/h2*5,7-9H,4,6H2,1-3H3;2*5,7-8H,3-4,6H2,1-2H3;2*5-7H,1-4H2;1-4H;2-5H,1H3;;;;/q8*-1;4*+2. The van der Waals surface area contributed by atoms with E-state index in [0.717, 1.165) is 153 Å². The van der Waals surface area contributed by atoms with Crippen LogP contribution in [0.1, 0.15) is 237 Å². The molecule has 2 saturated carbocycles. The van der Waals surface area contributed by atoms with Gasteiger partial charge in [0.25, 0.3) is 0 Å². The molecule has 16 heterocycles. The number of hydrogen-bond acceptors (Lipinski definition) is 24. The van der Waals surface area contributed by atoms with Gasteiger partial charge in [0.15, 0.2) is 0 Å². The normalized spacial score (nSPS) is 18.9. The topological polar surface area (TPSA) is 422 Å². The molecule has 16 aromatic heterocycles. The Hall–Kier alpha value is -11.1. The smallest absolute Gasteiger partial charge is 0.574 e. The SMILES string of the molecule is CC1(C)CCCc2c1n[n-]c2-c1ccncn1.CC1(C)CCCc2c1n[n-]c2-c1ccncn1.CC12CCC(c3c1n[n-]c3-c1ccncn1)C2(C)C.CC12CCC(c3c1n[n-]c3-c1ccncn1)C2(C)C.Cc1cc(-c2ccncn2)[n-]n1.FC(F)(F)c1cc(-c2ccncn2)[n-]n1.[Pt+2].[Pt+2].[Pt+2].[Pt+2].c1cc(-c2[n-]nc3c2CCCC3)ncn1.c1cc(-c2[n-]nc3c2CCCC3)ncn1. The summed E-state index contributed by atoms with van der Waals surface area (Å²) in [7, 11) is 0. The maximum atomic E-state index is 12.2. The summed E-state index contributed by atoms with van der Waals surface area (Å²) in [6.45, 7) is 25.0. The minimum atomic E-state index is -4.47. The van der Waals surface area contributed by atoms with Gasteiger partial charge in [0.2, 0.25) is 0 Å². The van der Waals surface area contributed by atoms with Crippen LogP contribution >= 0.6 is 0 Å². The maximum Gasteiger partial charge on any atom is 2.00 e. The van der Waals surface area contributed by atoms with Crippen LogP contribution in [-0.4, -0.2) is 121 Å². The molecule has 24 rings (SSSR count). The van der Waals surface area contributed by atoms with Gasteiger partial charge in [0.1, 0.15) is 56.3 Å². The van der Waals surface area contributed by atoms with E-state index in [0.29, 0.717) is 17.5 Å². The fourth-order valence-corrected chi connectivity index (χ4v) is 19.4. The predicted octanol–water partition coefficient (Wildman–Crippen LogP) is 14.6. The van der Waals surface area contributed by atoms with Gasteiger partial charge in [-0.3, -0.25) is 0 Å². The molecule has 2 fully saturated rings. The van der Waals surface area contributed by atoms with Gasteiger partial charge in [-0.25, -0.2) is 79.7 Å². The second kappa shape index (κ2) is 42.2. The number of nitrogens with zero attached hydrogens (tertiary/aromatic N) is 32. The first-order valence-electron chi connectivity index (χ1n) is 43.6. The molecule has 16 aromatic rings. The third kappa shape index (κ3) is 20.5. The van der Waals surface area contributed by atoms with Crippen LogP contribution in [0, 0.1) is 17.8 Å². The number of halogens is 3. The van der Waals surface area contributed by atoms with E-state index in [2.05, 4.69) is 231 Å². The second-order valence-corrected chi connectivity index (χ2v) is 36.2. The molecule has 4 bridgehead atoms. The summed E-state index contributed by atoms with van der Waals surface area (Å²) in [5.74, 6) is 1.12. The van der Waals surface area contributed by atoms with E-state index >= 15 is 0 Å². The Bertz CT molecular complexity index is 6120. The van der Waals surface area contributed by atoms with Crippen molar-refractivity contribution in [3.05, 3.63) is 240 Å². The molecule has 39 heteroatoms. The van der Waals surface area contributed by atoms with Crippen LogP contribution in [0.3, 0.4) is 0 Å². The minimum absolute atomic E-state index is 0. The third-order valence-electron chi connectivity index (χ3n) is 27.2. The van der Waals surface area contributed by atoms with Crippen LogP contribution < -0.4 is 40.8 Å². The quantitative estimate of drug-likeness (QED) is 0.136. The molecule has 133 heavy (non-hydrogen) atoms. The number of hydrogen-bond donors (Lipinski definition) is 0. The Balaban J connectivity index is 0.000000129. The average molecular weight is 2510 g/mol. The second-order valence-electron chi connectivity index (χ2n) is 36.2. The van der Waals surface area contributed by atoms with Crippen LogP contribution in [0.2, 0.25) is 0 Å². The number of rotatable bonds is 8. The first kappa shape index (κ1) is 99.3. The Labute approximate surface area is 825 Å². The van der Waals surface area contributed by atoms with Crippen molar-refractivity contribution in [3.63, 3.8) is 0 Å². The van der Waals surface area contributed by atoms with Gasteiger partial charge in [0.05, 0.1) is 45.6 Å². The van der Waals surface area contributed by atoms with Crippen molar-refractivity contribution in [3.8, 4) is 91.1 Å². The summed E-state index contributed by atoms with van der Waals surface area (Å²) in [6.07, 6.45) is 42.3. The molecule has 0 N–H and O–H groups in total. The summed E-state index contributed by atoms with van der Waals surface area (Å²) >= 11 is 0. The molecule has 0 aromatic carbocycles. The monoisotopic (exact) mass is 2510 g/mol. The van der Waals surface area contributed by atoms with Crippen molar-refractivity contribution < 1.29 is 97.4 Å². The molecule has 0 radical (unpaired) electrons. The van der Waals surface area contributed by atoms with Crippen LogP contribution in [0.15, 0.2) is 161 Å². The number of aromatic nitrogens is 32. The van der Waals surface area contributed by atoms with Gasteiger partial charge < -0.3 is 81.6 Å². The molecule has 4 unspecified atom stereocenters. The van der Waals surface area contributed by atoms with E-state index in [4.69, 9.17) is 0 Å². The zero-order valence-electron chi connectivity index (χ0n) is 75.1. The zero-order chi connectivity index (χ0) is 89.7. The van der Waals surface area contributed by atoms with Crippen molar-refractivity contribution in [1.82, 2.24) is 161 Å². The van der Waals surface area contributed by atoms with Crippen LogP contribution in [-0.2, 0) is 151 Å². The fraction of sp³-hybridized carbons (Fsp3) is 0.404. The summed E-state index contributed by atoms with van der Waals surface area (Å²) < 4.78 is 36.5. The maximum absolute atomic E-state index is 12.2. The van der Waals surface area contributed by atoms with Crippen molar-refractivity contribution in [1.29, 1.82) is 0 Å². The molecule has 4 atom stereocenters. The van der Waals surface area contributed by atoms with Crippen molar-refractivity contribution in [2.24, 2.45) is 10.8 Å². The van der Waals surface area contributed by atoms with E-state index in [1.807, 2.05) is 55.5 Å². The molecule has 0 amide bonds. The van der Waals surface area contributed by atoms with Crippen LogP contribution in [0.4, 0.5) is 13.2 Å². The van der Waals surface area contributed by atoms with E-state index in [-0.39, 0.29) is 122 Å². The van der Waals surface area contributed by atoms with E-state index in [9.17, 15) is 13.2 Å². The molecular formula is C94H97F3N32Pt4. The number of alkyl halides is 3. The van der Waals surface area contributed by atoms with E-state index in [1.54, 1.807) is 81.3 Å². The van der Waals surface area contributed by atoms with E-state index < -0.39 is 11.9 Å². The summed E-state index contributed by atoms with van der Waals surface area (Å²) in [4.78, 5) is 64.6. The number of aryl methyl sites for hydroxylation is 3. The summed E-state index contributed by atoms with van der Waals surface area (Å²) in [5.41, 5.74) is 29.0. The van der Waals surface area contributed by atoms with Crippen LogP contribution in [0.25, 0.3) is 91.1 Å². The molecule has 694 valence electrons. The summed E-state index contributed by atoms with van der Waals surface area (Å²) in [5, 5.41) is 66.4.